The Bertz CT molecular complexity index is 798. The number of pyridine rings is 1. The van der Waals surface area contributed by atoms with E-state index in [4.69, 9.17) is 0 Å². The summed E-state index contributed by atoms with van der Waals surface area (Å²) in [6, 6.07) is 4.65. The van der Waals surface area contributed by atoms with Crippen LogP contribution in [0.4, 0.5) is 28.2 Å². The zero-order valence-electron chi connectivity index (χ0n) is 13.7. The van der Waals surface area contributed by atoms with Crippen molar-refractivity contribution in [3.8, 4) is 11.1 Å². The monoisotopic (exact) mass is 356 g/mol. The average molecular weight is 356 g/mol. The van der Waals surface area contributed by atoms with Crippen LogP contribution in [0.2, 0.25) is 0 Å². The van der Waals surface area contributed by atoms with Crippen LogP contribution in [0.15, 0.2) is 36.5 Å². The molecule has 1 aromatic carbocycles. The van der Waals surface area contributed by atoms with Gasteiger partial charge in [-0.1, -0.05) is 0 Å². The van der Waals surface area contributed by atoms with Crippen LogP contribution in [0.5, 0.6) is 0 Å². The Morgan fingerprint density at radius 1 is 1.12 bits per heavy atom. The van der Waals surface area contributed by atoms with Crippen LogP contribution in [0.3, 0.4) is 0 Å². The molecule has 8 heteroatoms. The number of carboxylic acid groups (broad SMARTS) is 1. The van der Waals surface area contributed by atoms with Crippen LogP contribution in [-0.4, -0.2) is 21.7 Å². The van der Waals surface area contributed by atoms with E-state index in [-0.39, 0.29) is 16.9 Å². The molecule has 0 aliphatic rings. The largest absolute Gasteiger partial charge is 0.465 e. The minimum atomic E-state index is -4.61. The van der Waals surface area contributed by atoms with Crippen molar-refractivity contribution in [1.29, 1.82) is 0 Å². The molecule has 134 valence electrons. The molecule has 1 heterocycles. The van der Waals surface area contributed by atoms with Gasteiger partial charge in [-0.2, -0.15) is 13.2 Å². The van der Waals surface area contributed by atoms with E-state index < -0.39 is 29.2 Å². The Balaban J connectivity index is 2.58. The van der Waals surface area contributed by atoms with E-state index in [1.165, 1.54) is 18.3 Å². The highest BCUT2D eigenvalue weighted by atomic mass is 19.4. The minimum Gasteiger partial charge on any atom is -0.465 e. The number of aromatic nitrogens is 1. The Labute approximate surface area is 141 Å². The molecule has 0 unspecified atom stereocenters. The lowest BCUT2D eigenvalue weighted by Crippen LogP contribution is -2.45. The fraction of sp³-hybridized carbons (Fsp3) is 0.294. The maximum Gasteiger partial charge on any atom is 0.416 e. The summed E-state index contributed by atoms with van der Waals surface area (Å²) in [7, 11) is 0. The molecule has 4 nitrogen and oxygen atoms in total. The van der Waals surface area contributed by atoms with E-state index in [0.717, 1.165) is 11.0 Å². The minimum absolute atomic E-state index is 0.00527. The number of hydrogen-bond acceptors (Lipinski definition) is 2. The molecule has 0 saturated heterocycles. The normalized spacial score (nSPS) is 12.1. The summed E-state index contributed by atoms with van der Waals surface area (Å²) < 4.78 is 52.6. The zero-order chi connectivity index (χ0) is 19.0. The molecule has 1 N–H and O–H groups in total. The van der Waals surface area contributed by atoms with Gasteiger partial charge in [-0.15, -0.1) is 0 Å². The van der Waals surface area contributed by atoms with Crippen LogP contribution in [0.25, 0.3) is 11.1 Å². The fourth-order valence-corrected chi connectivity index (χ4v) is 2.36. The van der Waals surface area contributed by atoms with Gasteiger partial charge in [0, 0.05) is 17.3 Å². The van der Waals surface area contributed by atoms with Crippen molar-refractivity contribution in [1.82, 2.24) is 4.98 Å². The van der Waals surface area contributed by atoms with Gasteiger partial charge in [0.2, 0.25) is 0 Å². The molecule has 0 radical (unpaired) electrons. The zero-order valence-corrected chi connectivity index (χ0v) is 13.7. The Hall–Kier alpha value is -2.64. The predicted molar refractivity (Wildman–Crippen MR) is 84.9 cm³/mol. The van der Waals surface area contributed by atoms with E-state index in [0.29, 0.717) is 12.1 Å². The molecule has 0 bridgehead atoms. The third-order valence-electron chi connectivity index (χ3n) is 3.44. The van der Waals surface area contributed by atoms with E-state index >= 15 is 0 Å². The molecular weight excluding hydrogens is 340 g/mol. The molecule has 0 fully saturated rings. The van der Waals surface area contributed by atoms with E-state index in [1.807, 2.05) is 0 Å². The Morgan fingerprint density at radius 2 is 1.76 bits per heavy atom. The lowest BCUT2D eigenvalue weighted by Gasteiger charge is -2.32. The van der Waals surface area contributed by atoms with Gasteiger partial charge in [-0.05, 0) is 56.7 Å². The van der Waals surface area contributed by atoms with Gasteiger partial charge in [0.1, 0.15) is 11.6 Å². The first kappa shape index (κ1) is 18.7. The summed E-state index contributed by atoms with van der Waals surface area (Å²) in [5.74, 6) is -0.850. The maximum atomic E-state index is 14.1. The fourth-order valence-electron chi connectivity index (χ4n) is 2.36. The quantitative estimate of drug-likeness (QED) is 0.754. The van der Waals surface area contributed by atoms with Gasteiger partial charge in [0.25, 0.3) is 0 Å². The summed E-state index contributed by atoms with van der Waals surface area (Å²) in [5, 5.41) is 9.39. The number of rotatable bonds is 2. The molecule has 25 heavy (non-hydrogen) atoms. The number of halogens is 4. The molecule has 0 aliphatic carbocycles. The smallest absolute Gasteiger partial charge is 0.416 e. The Morgan fingerprint density at radius 3 is 2.28 bits per heavy atom. The average Bonchev–Trinajstić information content (AvgIpc) is 2.44. The second kappa shape index (κ2) is 6.34. The van der Waals surface area contributed by atoms with Crippen LogP contribution >= 0.6 is 0 Å². The van der Waals surface area contributed by atoms with E-state index in [9.17, 15) is 27.5 Å². The van der Waals surface area contributed by atoms with Gasteiger partial charge < -0.3 is 5.11 Å². The first-order valence-electron chi connectivity index (χ1n) is 7.27. The predicted octanol–water partition coefficient (Wildman–Crippen LogP) is 5.19. The summed E-state index contributed by atoms with van der Waals surface area (Å²) in [4.78, 5) is 16.4. The van der Waals surface area contributed by atoms with Crippen LogP contribution < -0.4 is 4.90 Å². The summed E-state index contributed by atoms with van der Waals surface area (Å²) >= 11 is 0. The van der Waals surface area contributed by atoms with Crippen molar-refractivity contribution in [3.63, 3.8) is 0 Å². The molecule has 1 aromatic heterocycles. The SMILES string of the molecule is CC(C)(C)N(C(=O)O)c1cc(-c2cc(C(F)(F)F)ccc2F)ccn1. The molecule has 0 aliphatic heterocycles. The van der Waals surface area contributed by atoms with E-state index in [2.05, 4.69) is 4.98 Å². The van der Waals surface area contributed by atoms with Crippen molar-refractivity contribution >= 4 is 11.9 Å². The lowest BCUT2D eigenvalue weighted by molar-refractivity contribution is -0.137. The standard InChI is InChI=1S/C17H16F4N2O2/c1-16(2,3)23(15(24)25)14-8-10(6-7-22-14)12-9-11(17(19,20)21)4-5-13(12)18/h4-9H,1-3H3,(H,24,25). The van der Waals surface area contributed by atoms with Crippen molar-refractivity contribution in [2.75, 3.05) is 4.90 Å². The van der Waals surface area contributed by atoms with Gasteiger partial charge in [0.15, 0.2) is 0 Å². The molecular formula is C17H16F4N2O2. The van der Waals surface area contributed by atoms with Crippen molar-refractivity contribution in [2.24, 2.45) is 0 Å². The topological polar surface area (TPSA) is 53.4 Å². The first-order valence-corrected chi connectivity index (χ1v) is 7.27. The molecule has 0 spiro atoms. The van der Waals surface area contributed by atoms with E-state index in [1.54, 1.807) is 20.8 Å². The molecule has 0 atom stereocenters. The first-order chi connectivity index (χ1) is 11.4. The van der Waals surface area contributed by atoms with Crippen LogP contribution in [-0.2, 0) is 6.18 Å². The molecule has 1 amide bonds. The van der Waals surface area contributed by atoms with Crippen molar-refractivity contribution < 1.29 is 27.5 Å². The van der Waals surface area contributed by atoms with Crippen molar-refractivity contribution in [3.05, 3.63) is 47.9 Å². The summed E-state index contributed by atoms with van der Waals surface area (Å²) in [6.45, 7) is 4.92. The second-order valence-corrected chi connectivity index (χ2v) is 6.38. The van der Waals surface area contributed by atoms with Gasteiger partial charge in [0.05, 0.1) is 5.56 Å². The highest BCUT2D eigenvalue weighted by molar-refractivity contribution is 5.87. The third-order valence-corrected chi connectivity index (χ3v) is 3.44. The van der Waals surface area contributed by atoms with Crippen LogP contribution in [0, 0.1) is 5.82 Å². The van der Waals surface area contributed by atoms with Gasteiger partial charge >= 0.3 is 12.3 Å². The van der Waals surface area contributed by atoms with Gasteiger partial charge in [-0.3, -0.25) is 4.90 Å². The molecule has 2 rings (SSSR count). The summed E-state index contributed by atoms with van der Waals surface area (Å²) in [6.07, 6.45) is -4.66. The highest BCUT2D eigenvalue weighted by Crippen LogP contribution is 2.34. The van der Waals surface area contributed by atoms with Crippen LogP contribution in [0.1, 0.15) is 26.3 Å². The number of amides is 1. The van der Waals surface area contributed by atoms with Gasteiger partial charge in [-0.25, -0.2) is 14.2 Å². The molecule has 0 saturated carbocycles. The Kier molecular flexibility index (Phi) is 4.74. The summed E-state index contributed by atoms with van der Waals surface area (Å²) in [5.41, 5.74) is -2.01. The molecule has 2 aromatic rings. The second-order valence-electron chi connectivity index (χ2n) is 6.38. The third kappa shape index (κ3) is 4.07. The van der Waals surface area contributed by atoms with Crippen molar-refractivity contribution in [2.45, 2.75) is 32.5 Å². The number of alkyl halides is 3. The number of nitrogens with zero attached hydrogens (tertiary/aromatic N) is 2. The number of hydrogen-bond donors (Lipinski definition) is 1. The maximum absolute atomic E-state index is 14.1. The number of carbonyl (C=O) groups is 1. The lowest BCUT2D eigenvalue weighted by atomic mass is 10.0. The number of benzene rings is 1. The highest BCUT2D eigenvalue weighted by Gasteiger charge is 2.32. The number of anilines is 1.